The Morgan fingerprint density at radius 1 is 0.950 bits per heavy atom. The minimum absolute atomic E-state index is 0.487. The Balaban J connectivity index is 1.71. The van der Waals surface area contributed by atoms with Crippen molar-refractivity contribution in [3.63, 3.8) is 0 Å². The summed E-state index contributed by atoms with van der Waals surface area (Å²) in [6.07, 6.45) is 6.67. The van der Waals surface area contributed by atoms with E-state index >= 15 is 0 Å². The molecule has 4 nitrogen and oxygen atoms in total. The van der Waals surface area contributed by atoms with Crippen LogP contribution in [0.1, 0.15) is 32.1 Å². The highest BCUT2D eigenvalue weighted by molar-refractivity contribution is 6.58. The SMILES string of the molecule is OB(O)c1ccc(OCCN2CCCCCCC2)cc1. The lowest BCUT2D eigenvalue weighted by atomic mass is 9.80. The largest absolute Gasteiger partial charge is 0.492 e. The predicted octanol–water partition coefficient (Wildman–Crippen LogP) is 1.01. The van der Waals surface area contributed by atoms with Gasteiger partial charge in [0.05, 0.1) is 0 Å². The Hall–Kier alpha value is -1.04. The van der Waals surface area contributed by atoms with E-state index < -0.39 is 7.12 Å². The Morgan fingerprint density at radius 2 is 1.55 bits per heavy atom. The fraction of sp³-hybridized carbons (Fsp3) is 0.600. The van der Waals surface area contributed by atoms with E-state index in [1.165, 1.54) is 45.2 Å². The number of ether oxygens (including phenoxy) is 1. The minimum atomic E-state index is -1.41. The van der Waals surface area contributed by atoms with Gasteiger partial charge < -0.3 is 14.8 Å². The molecule has 1 fully saturated rings. The molecule has 0 amide bonds. The summed E-state index contributed by atoms with van der Waals surface area (Å²) in [6.45, 7) is 4.00. The molecule has 0 aromatic heterocycles. The number of nitrogens with zero attached hydrogens (tertiary/aromatic N) is 1. The second-order valence-corrected chi connectivity index (χ2v) is 5.40. The summed E-state index contributed by atoms with van der Waals surface area (Å²) in [5.74, 6) is 0.779. The maximum atomic E-state index is 9.02. The van der Waals surface area contributed by atoms with E-state index in [0.29, 0.717) is 12.1 Å². The molecule has 0 bridgehead atoms. The van der Waals surface area contributed by atoms with Crippen LogP contribution in [-0.2, 0) is 0 Å². The Kier molecular flexibility index (Phi) is 6.37. The highest BCUT2D eigenvalue weighted by Gasteiger charge is 2.10. The van der Waals surface area contributed by atoms with E-state index in [0.717, 1.165) is 12.3 Å². The average molecular weight is 277 g/mol. The van der Waals surface area contributed by atoms with Gasteiger partial charge in [0.1, 0.15) is 12.4 Å². The Labute approximate surface area is 121 Å². The van der Waals surface area contributed by atoms with Crippen molar-refractivity contribution < 1.29 is 14.8 Å². The van der Waals surface area contributed by atoms with Crippen molar-refractivity contribution in [2.75, 3.05) is 26.2 Å². The average Bonchev–Trinajstić information content (AvgIpc) is 2.41. The molecule has 1 aromatic rings. The molecule has 0 aliphatic carbocycles. The number of likely N-dealkylation sites (tertiary alicyclic amines) is 1. The van der Waals surface area contributed by atoms with Gasteiger partial charge in [-0.05, 0) is 43.5 Å². The van der Waals surface area contributed by atoms with Crippen LogP contribution in [0.25, 0.3) is 0 Å². The lowest BCUT2D eigenvalue weighted by Crippen LogP contribution is -2.31. The van der Waals surface area contributed by atoms with Crippen LogP contribution in [0, 0.1) is 0 Å². The number of hydrogen-bond acceptors (Lipinski definition) is 4. The third-order valence-corrected chi connectivity index (χ3v) is 3.80. The van der Waals surface area contributed by atoms with Crippen LogP contribution < -0.4 is 10.2 Å². The van der Waals surface area contributed by atoms with Crippen molar-refractivity contribution in [1.29, 1.82) is 0 Å². The summed E-state index contributed by atoms with van der Waals surface area (Å²) in [5, 5.41) is 18.0. The molecule has 0 saturated carbocycles. The number of benzene rings is 1. The van der Waals surface area contributed by atoms with E-state index in [9.17, 15) is 0 Å². The molecule has 1 aliphatic heterocycles. The van der Waals surface area contributed by atoms with Crippen molar-refractivity contribution >= 4 is 12.6 Å². The third kappa shape index (κ3) is 5.15. The van der Waals surface area contributed by atoms with Gasteiger partial charge in [-0.1, -0.05) is 31.4 Å². The van der Waals surface area contributed by atoms with Gasteiger partial charge >= 0.3 is 7.12 Å². The maximum absolute atomic E-state index is 9.02. The molecule has 1 saturated heterocycles. The van der Waals surface area contributed by atoms with Crippen molar-refractivity contribution in [3.8, 4) is 5.75 Å². The van der Waals surface area contributed by atoms with Gasteiger partial charge in [0.2, 0.25) is 0 Å². The van der Waals surface area contributed by atoms with Crippen LogP contribution in [0.4, 0.5) is 0 Å². The number of hydrogen-bond donors (Lipinski definition) is 2. The molecule has 0 atom stereocenters. The zero-order valence-electron chi connectivity index (χ0n) is 12.0. The molecule has 5 heteroatoms. The van der Waals surface area contributed by atoms with Gasteiger partial charge in [0, 0.05) is 6.54 Å². The zero-order chi connectivity index (χ0) is 14.2. The third-order valence-electron chi connectivity index (χ3n) is 3.80. The van der Waals surface area contributed by atoms with Crippen LogP contribution in [-0.4, -0.2) is 48.3 Å². The number of rotatable bonds is 5. The molecule has 1 heterocycles. The first-order valence-corrected chi connectivity index (χ1v) is 7.57. The first-order chi connectivity index (χ1) is 9.75. The molecule has 0 spiro atoms. The van der Waals surface area contributed by atoms with E-state index in [2.05, 4.69) is 4.90 Å². The summed E-state index contributed by atoms with van der Waals surface area (Å²) in [6, 6.07) is 6.91. The highest BCUT2D eigenvalue weighted by atomic mass is 16.5. The molecular formula is C15H24BNO3. The van der Waals surface area contributed by atoms with Crippen LogP contribution in [0.2, 0.25) is 0 Å². The fourth-order valence-corrected chi connectivity index (χ4v) is 2.57. The topological polar surface area (TPSA) is 52.9 Å². The first kappa shape index (κ1) is 15.4. The van der Waals surface area contributed by atoms with Crippen LogP contribution >= 0.6 is 0 Å². The van der Waals surface area contributed by atoms with E-state index in [1.807, 2.05) is 0 Å². The van der Waals surface area contributed by atoms with E-state index in [-0.39, 0.29) is 0 Å². The second-order valence-electron chi connectivity index (χ2n) is 5.40. The summed E-state index contributed by atoms with van der Waals surface area (Å²) >= 11 is 0. The van der Waals surface area contributed by atoms with Crippen molar-refractivity contribution in [2.24, 2.45) is 0 Å². The molecule has 1 aliphatic rings. The Morgan fingerprint density at radius 3 is 2.15 bits per heavy atom. The quantitative estimate of drug-likeness (QED) is 0.789. The molecule has 2 rings (SSSR count). The minimum Gasteiger partial charge on any atom is -0.492 e. The van der Waals surface area contributed by atoms with Crippen molar-refractivity contribution in [1.82, 2.24) is 4.90 Å². The Bertz CT molecular complexity index is 375. The van der Waals surface area contributed by atoms with Crippen LogP contribution in [0.15, 0.2) is 24.3 Å². The van der Waals surface area contributed by atoms with Crippen LogP contribution in [0.5, 0.6) is 5.75 Å². The van der Waals surface area contributed by atoms with Gasteiger partial charge in [-0.2, -0.15) is 0 Å². The summed E-state index contributed by atoms with van der Waals surface area (Å²) in [5.41, 5.74) is 0.487. The molecule has 2 N–H and O–H groups in total. The summed E-state index contributed by atoms with van der Waals surface area (Å²) < 4.78 is 5.71. The van der Waals surface area contributed by atoms with E-state index in [1.54, 1.807) is 24.3 Å². The van der Waals surface area contributed by atoms with E-state index in [4.69, 9.17) is 14.8 Å². The lowest BCUT2D eigenvalue weighted by Gasteiger charge is -2.24. The maximum Gasteiger partial charge on any atom is 0.488 e. The highest BCUT2D eigenvalue weighted by Crippen LogP contribution is 2.11. The predicted molar refractivity (Wildman–Crippen MR) is 81.3 cm³/mol. The normalized spacial score (nSPS) is 17.3. The summed E-state index contributed by atoms with van der Waals surface area (Å²) in [7, 11) is -1.41. The van der Waals surface area contributed by atoms with Crippen molar-refractivity contribution in [3.05, 3.63) is 24.3 Å². The first-order valence-electron chi connectivity index (χ1n) is 7.57. The zero-order valence-corrected chi connectivity index (χ0v) is 12.0. The van der Waals surface area contributed by atoms with Gasteiger partial charge in [-0.15, -0.1) is 0 Å². The molecule has 1 aromatic carbocycles. The van der Waals surface area contributed by atoms with Gasteiger partial charge in [-0.3, -0.25) is 4.90 Å². The van der Waals surface area contributed by atoms with Crippen molar-refractivity contribution in [2.45, 2.75) is 32.1 Å². The second kappa shape index (κ2) is 8.30. The van der Waals surface area contributed by atoms with Crippen LogP contribution in [0.3, 0.4) is 0 Å². The monoisotopic (exact) mass is 277 g/mol. The standard InChI is InChI=1S/C15H24BNO3/c18-16(19)14-6-8-15(9-7-14)20-13-12-17-10-4-2-1-3-5-11-17/h6-9,18-19H,1-5,10-13H2. The fourth-order valence-electron chi connectivity index (χ4n) is 2.57. The molecule has 0 unspecified atom stereocenters. The van der Waals surface area contributed by atoms with Gasteiger partial charge in [-0.25, -0.2) is 0 Å². The van der Waals surface area contributed by atoms with Gasteiger partial charge in [0.15, 0.2) is 0 Å². The molecule has 20 heavy (non-hydrogen) atoms. The van der Waals surface area contributed by atoms with Gasteiger partial charge in [0.25, 0.3) is 0 Å². The smallest absolute Gasteiger partial charge is 0.488 e. The molecular weight excluding hydrogens is 253 g/mol. The molecule has 0 radical (unpaired) electrons. The molecule has 110 valence electrons. The summed E-state index contributed by atoms with van der Waals surface area (Å²) in [4.78, 5) is 2.48. The lowest BCUT2D eigenvalue weighted by molar-refractivity contribution is 0.195.